The molecule has 0 aliphatic carbocycles. The van der Waals surface area contributed by atoms with Crippen molar-refractivity contribution >= 4 is 28.2 Å². The van der Waals surface area contributed by atoms with E-state index in [0.717, 1.165) is 34.7 Å². The van der Waals surface area contributed by atoms with Crippen LogP contribution in [0.3, 0.4) is 0 Å². The number of nitrogens with one attached hydrogen (secondary N) is 2. The Morgan fingerprint density at radius 2 is 2.26 bits per heavy atom. The number of halogens is 1. The predicted molar refractivity (Wildman–Crippen MR) is 80.9 cm³/mol. The Balaban J connectivity index is 1.79. The number of hydrogen-bond donors (Lipinski definition) is 2. The van der Waals surface area contributed by atoms with Crippen molar-refractivity contribution < 1.29 is 0 Å². The molecule has 1 aromatic heterocycles. The van der Waals surface area contributed by atoms with Crippen molar-refractivity contribution in [2.75, 3.05) is 18.4 Å². The second kappa shape index (κ2) is 5.76. The second-order valence-corrected chi connectivity index (χ2v) is 5.43. The van der Waals surface area contributed by atoms with Crippen molar-refractivity contribution in [2.24, 2.45) is 0 Å². The molecule has 100 valence electrons. The van der Waals surface area contributed by atoms with Gasteiger partial charge >= 0.3 is 0 Å². The molecule has 19 heavy (non-hydrogen) atoms. The minimum Gasteiger partial charge on any atom is -0.382 e. The summed E-state index contributed by atoms with van der Waals surface area (Å²) in [6, 6.07) is 8.43. The first-order valence-electron chi connectivity index (χ1n) is 6.85. The van der Waals surface area contributed by atoms with Gasteiger partial charge in [-0.1, -0.05) is 18.0 Å². The highest BCUT2D eigenvalue weighted by Gasteiger charge is 2.13. The molecule has 1 saturated heterocycles. The fraction of sp³-hybridized carbons (Fsp3) is 0.400. The summed E-state index contributed by atoms with van der Waals surface area (Å²) >= 11 is 6.20. The fourth-order valence-corrected chi connectivity index (χ4v) is 2.83. The van der Waals surface area contributed by atoms with Gasteiger partial charge in [-0.15, -0.1) is 0 Å². The Morgan fingerprint density at radius 1 is 1.32 bits per heavy atom. The number of aromatic nitrogens is 1. The van der Waals surface area contributed by atoms with Crippen molar-refractivity contribution in [1.82, 2.24) is 10.3 Å². The molecule has 2 heterocycles. The van der Waals surface area contributed by atoms with E-state index in [-0.39, 0.29) is 0 Å². The van der Waals surface area contributed by atoms with E-state index in [2.05, 4.69) is 15.6 Å². The number of piperidine rings is 1. The molecule has 1 unspecified atom stereocenters. The van der Waals surface area contributed by atoms with Gasteiger partial charge < -0.3 is 10.6 Å². The highest BCUT2D eigenvalue weighted by molar-refractivity contribution is 6.35. The molecule has 2 N–H and O–H groups in total. The molecule has 0 spiro atoms. The van der Waals surface area contributed by atoms with E-state index < -0.39 is 0 Å². The predicted octanol–water partition coefficient (Wildman–Crippen LogP) is 3.44. The monoisotopic (exact) mass is 275 g/mol. The molecule has 0 amide bonds. The van der Waals surface area contributed by atoms with Crippen molar-refractivity contribution in [3.8, 4) is 0 Å². The van der Waals surface area contributed by atoms with Crippen LogP contribution in [0, 0.1) is 0 Å². The summed E-state index contributed by atoms with van der Waals surface area (Å²) in [4.78, 5) is 4.44. The van der Waals surface area contributed by atoms with Crippen LogP contribution in [0.25, 0.3) is 10.9 Å². The van der Waals surface area contributed by atoms with Crippen molar-refractivity contribution in [3.63, 3.8) is 0 Å². The molecule has 1 atom stereocenters. The van der Waals surface area contributed by atoms with Crippen LogP contribution >= 0.6 is 11.6 Å². The molecule has 1 fully saturated rings. The van der Waals surface area contributed by atoms with Crippen molar-refractivity contribution in [3.05, 3.63) is 35.5 Å². The lowest BCUT2D eigenvalue weighted by atomic mass is 10.0. The Morgan fingerprint density at radius 3 is 3.11 bits per heavy atom. The number of fused-ring (bicyclic) bond motifs is 1. The number of pyridine rings is 1. The first-order chi connectivity index (χ1) is 9.34. The average Bonchev–Trinajstić information content (AvgIpc) is 2.48. The van der Waals surface area contributed by atoms with Crippen LogP contribution in [0.1, 0.15) is 19.3 Å². The van der Waals surface area contributed by atoms with Crippen LogP contribution in [0.5, 0.6) is 0 Å². The minimum absolute atomic E-state index is 0.559. The van der Waals surface area contributed by atoms with Gasteiger partial charge in [-0.25, -0.2) is 0 Å². The van der Waals surface area contributed by atoms with Gasteiger partial charge in [0.2, 0.25) is 0 Å². The molecule has 0 bridgehead atoms. The lowest BCUT2D eigenvalue weighted by molar-refractivity contribution is 0.414. The molecule has 0 radical (unpaired) electrons. The molecular weight excluding hydrogens is 258 g/mol. The zero-order chi connectivity index (χ0) is 13.1. The molecular formula is C15H18ClN3. The highest BCUT2D eigenvalue weighted by atomic mass is 35.5. The second-order valence-electron chi connectivity index (χ2n) is 5.02. The van der Waals surface area contributed by atoms with E-state index in [1.54, 1.807) is 0 Å². The third-order valence-electron chi connectivity index (χ3n) is 3.67. The standard InChI is InChI=1S/C15H18ClN3/c16-13-6-7-14(15-12(13)5-3-9-18-15)19-10-11-4-1-2-8-17-11/h3,5-7,9,11,17,19H,1-2,4,8,10H2. The number of hydrogen-bond acceptors (Lipinski definition) is 3. The first kappa shape index (κ1) is 12.7. The van der Waals surface area contributed by atoms with Gasteiger partial charge in [-0.05, 0) is 43.7 Å². The van der Waals surface area contributed by atoms with Gasteiger partial charge in [0, 0.05) is 24.2 Å². The van der Waals surface area contributed by atoms with Gasteiger partial charge in [0.1, 0.15) is 0 Å². The number of rotatable bonds is 3. The summed E-state index contributed by atoms with van der Waals surface area (Å²) in [5.74, 6) is 0. The smallest absolute Gasteiger partial charge is 0.0948 e. The summed E-state index contributed by atoms with van der Waals surface area (Å²) < 4.78 is 0. The molecule has 1 aromatic carbocycles. The van der Waals surface area contributed by atoms with E-state index in [1.165, 1.54) is 19.3 Å². The van der Waals surface area contributed by atoms with Gasteiger partial charge in [0.25, 0.3) is 0 Å². The molecule has 1 aliphatic rings. The number of benzene rings is 1. The van der Waals surface area contributed by atoms with E-state index in [1.807, 2.05) is 30.5 Å². The van der Waals surface area contributed by atoms with Gasteiger partial charge in [0.15, 0.2) is 0 Å². The van der Waals surface area contributed by atoms with E-state index in [9.17, 15) is 0 Å². The zero-order valence-corrected chi connectivity index (χ0v) is 11.6. The topological polar surface area (TPSA) is 37.0 Å². The Kier molecular flexibility index (Phi) is 3.85. The third kappa shape index (κ3) is 2.82. The van der Waals surface area contributed by atoms with Crippen LogP contribution in [-0.4, -0.2) is 24.1 Å². The van der Waals surface area contributed by atoms with Crippen LogP contribution in [0.15, 0.2) is 30.5 Å². The SMILES string of the molecule is Clc1ccc(NCC2CCCCN2)c2ncccc12. The maximum atomic E-state index is 6.20. The summed E-state index contributed by atoms with van der Waals surface area (Å²) in [5.41, 5.74) is 2.01. The minimum atomic E-state index is 0.559. The van der Waals surface area contributed by atoms with Crippen LogP contribution in [0.4, 0.5) is 5.69 Å². The third-order valence-corrected chi connectivity index (χ3v) is 4.00. The van der Waals surface area contributed by atoms with Crippen molar-refractivity contribution in [2.45, 2.75) is 25.3 Å². The lowest BCUT2D eigenvalue weighted by Crippen LogP contribution is -2.39. The van der Waals surface area contributed by atoms with Crippen LogP contribution in [-0.2, 0) is 0 Å². The van der Waals surface area contributed by atoms with Crippen LogP contribution in [0.2, 0.25) is 5.02 Å². The molecule has 3 nitrogen and oxygen atoms in total. The molecule has 0 saturated carbocycles. The van der Waals surface area contributed by atoms with Crippen LogP contribution < -0.4 is 10.6 Å². The van der Waals surface area contributed by atoms with Gasteiger partial charge in [-0.2, -0.15) is 0 Å². The first-order valence-corrected chi connectivity index (χ1v) is 7.23. The lowest BCUT2D eigenvalue weighted by Gasteiger charge is -2.24. The maximum Gasteiger partial charge on any atom is 0.0948 e. The van der Waals surface area contributed by atoms with E-state index in [0.29, 0.717) is 6.04 Å². The summed E-state index contributed by atoms with van der Waals surface area (Å²) in [5, 5.41) is 8.80. The van der Waals surface area contributed by atoms with Gasteiger partial charge in [-0.3, -0.25) is 4.98 Å². The summed E-state index contributed by atoms with van der Waals surface area (Å²) in [6.45, 7) is 2.07. The normalized spacial score (nSPS) is 19.5. The van der Waals surface area contributed by atoms with E-state index >= 15 is 0 Å². The fourth-order valence-electron chi connectivity index (χ4n) is 2.61. The number of anilines is 1. The highest BCUT2D eigenvalue weighted by Crippen LogP contribution is 2.28. The molecule has 4 heteroatoms. The Bertz CT molecular complexity index is 564. The molecule has 3 rings (SSSR count). The number of nitrogens with zero attached hydrogens (tertiary/aromatic N) is 1. The van der Waals surface area contributed by atoms with E-state index in [4.69, 9.17) is 11.6 Å². The Hall–Kier alpha value is -1.32. The molecule has 1 aliphatic heterocycles. The summed E-state index contributed by atoms with van der Waals surface area (Å²) in [6.07, 6.45) is 5.66. The quantitative estimate of drug-likeness (QED) is 0.901. The summed E-state index contributed by atoms with van der Waals surface area (Å²) in [7, 11) is 0. The molecule has 2 aromatic rings. The average molecular weight is 276 g/mol. The maximum absolute atomic E-state index is 6.20. The van der Waals surface area contributed by atoms with Crippen molar-refractivity contribution in [1.29, 1.82) is 0 Å². The zero-order valence-electron chi connectivity index (χ0n) is 10.8. The Labute approximate surface area is 118 Å². The van der Waals surface area contributed by atoms with Gasteiger partial charge in [0.05, 0.1) is 16.2 Å². The largest absolute Gasteiger partial charge is 0.382 e.